The highest BCUT2D eigenvalue weighted by atomic mass is 79.9. The molecule has 0 saturated carbocycles. The molecule has 4 nitrogen and oxygen atoms in total. The SMILES string of the molecule is S=C(Nc1ccccc1)N1N=C(c2ccc(Br)cc2)C[C@H]1c1ccco1. The van der Waals surface area contributed by atoms with Crippen molar-refractivity contribution in [2.45, 2.75) is 12.5 Å². The van der Waals surface area contributed by atoms with Crippen molar-refractivity contribution in [1.29, 1.82) is 0 Å². The average molecular weight is 426 g/mol. The molecular formula is C20H16BrN3OS. The van der Waals surface area contributed by atoms with E-state index in [4.69, 9.17) is 21.7 Å². The van der Waals surface area contributed by atoms with Crippen LogP contribution in [0.1, 0.15) is 23.8 Å². The first-order valence-corrected chi connectivity index (χ1v) is 9.43. The van der Waals surface area contributed by atoms with Crippen molar-refractivity contribution in [2.24, 2.45) is 5.10 Å². The van der Waals surface area contributed by atoms with Gasteiger partial charge in [0, 0.05) is 16.6 Å². The standard InChI is InChI=1S/C20H16BrN3OS/c21-15-10-8-14(9-11-15)17-13-18(19-7-4-12-25-19)24(23-17)20(26)22-16-5-2-1-3-6-16/h1-12,18H,13H2,(H,22,26)/t18-/m0/s1. The first kappa shape index (κ1) is 17.0. The lowest BCUT2D eigenvalue weighted by Gasteiger charge is -2.23. The minimum Gasteiger partial charge on any atom is -0.467 e. The number of hydrogen-bond acceptors (Lipinski definition) is 3. The Bertz CT molecular complexity index is 923. The number of hydrazone groups is 1. The van der Waals surface area contributed by atoms with Gasteiger partial charge in [-0.2, -0.15) is 5.10 Å². The molecule has 0 spiro atoms. The summed E-state index contributed by atoms with van der Waals surface area (Å²) in [5.41, 5.74) is 2.99. The molecule has 26 heavy (non-hydrogen) atoms. The molecule has 2 aromatic carbocycles. The molecule has 0 amide bonds. The third kappa shape index (κ3) is 3.57. The molecule has 0 fully saturated rings. The predicted octanol–water partition coefficient (Wildman–Crippen LogP) is 5.59. The van der Waals surface area contributed by atoms with Crippen LogP contribution in [0.3, 0.4) is 0 Å². The molecule has 1 aliphatic rings. The van der Waals surface area contributed by atoms with Crippen molar-refractivity contribution < 1.29 is 4.42 Å². The second-order valence-electron chi connectivity index (χ2n) is 5.93. The Balaban J connectivity index is 1.63. The van der Waals surface area contributed by atoms with E-state index in [-0.39, 0.29) is 6.04 Å². The van der Waals surface area contributed by atoms with Crippen LogP contribution in [0.25, 0.3) is 0 Å². The summed E-state index contributed by atoms with van der Waals surface area (Å²) in [7, 11) is 0. The van der Waals surface area contributed by atoms with Gasteiger partial charge in [0.1, 0.15) is 11.8 Å². The Kier molecular flexibility index (Phi) is 4.86. The number of anilines is 1. The summed E-state index contributed by atoms with van der Waals surface area (Å²) in [6.45, 7) is 0. The highest BCUT2D eigenvalue weighted by molar-refractivity contribution is 9.10. The number of rotatable bonds is 3. The number of nitrogens with one attached hydrogen (secondary N) is 1. The van der Waals surface area contributed by atoms with Crippen LogP contribution < -0.4 is 5.32 Å². The van der Waals surface area contributed by atoms with Crippen LogP contribution in [0.5, 0.6) is 0 Å². The zero-order valence-electron chi connectivity index (χ0n) is 13.8. The van der Waals surface area contributed by atoms with Gasteiger partial charge in [-0.25, -0.2) is 5.01 Å². The van der Waals surface area contributed by atoms with Gasteiger partial charge in [0.15, 0.2) is 5.11 Å². The van der Waals surface area contributed by atoms with E-state index in [1.54, 1.807) is 6.26 Å². The Morgan fingerprint density at radius 3 is 2.54 bits per heavy atom. The van der Waals surface area contributed by atoms with E-state index in [0.29, 0.717) is 5.11 Å². The molecule has 4 rings (SSSR count). The monoisotopic (exact) mass is 425 g/mol. The summed E-state index contributed by atoms with van der Waals surface area (Å²) >= 11 is 9.10. The van der Waals surface area contributed by atoms with Crippen LogP contribution in [0.2, 0.25) is 0 Å². The fraction of sp³-hybridized carbons (Fsp3) is 0.100. The van der Waals surface area contributed by atoms with Gasteiger partial charge in [-0.1, -0.05) is 46.3 Å². The molecule has 3 aromatic rings. The summed E-state index contributed by atoms with van der Waals surface area (Å²) < 4.78 is 6.68. The maximum absolute atomic E-state index is 5.64. The Morgan fingerprint density at radius 1 is 1.08 bits per heavy atom. The summed E-state index contributed by atoms with van der Waals surface area (Å²) in [6, 6.07) is 21.8. The number of halogens is 1. The first-order chi connectivity index (χ1) is 12.7. The summed E-state index contributed by atoms with van der Waals surface area (Å²) in [5, 5.41) is 10.4. The molecule has 6 heteroatoms. The van der Waals surface area contributed by atoms with E-state index in [0.717, 1.165) is 33.6 Å². The van der Waals surface area contributed by atoms with Gasteiger partial charge in [-0.05, 0) is 54.2 Å². The summed E-state index contributed by atoms with van der Waals surface area (Å²) in [4.78, 5) is 0. The number of benzene rings is 2. The molecule has 0 unspecified atom stereocenters. The molecule has 1 aliphatic heterocycles. The number of para-hydroxylation sites is 1. The van der Waals surface area contributed by atoms with Gasteiger partial charge < -0.3 is 9.73 Å². The maximum Gasteiger partial charge on any atom is 0.194 e. The largest absolute Gasteiger partial charge is 0.467 e. The van der Waals surface area contributed by atoms with Gasteiger partial charge in [-0.15, -0.1) is 0 Å². The number of nitrogens with zero attached hydrogens (tertiary/aromatic N) is 2. The van der Waals surface area contributed by atoms with Crippen LogP contribution in [-0.4, -0.2) is 15.8 Å². The van der Waals surface area contributed by atoms with Crippen molar-refractivity contribution >= 4 is 44.7 Å². The first-order valence-electron chi connectivity index (χ1n) is 8.23. The van der Waals surface area contributed by atoms with Crippen LogP contribution in [0.4, 0.5) is 5.69 Å². The average Bonchev–Trinajstić information content (AvgIpc) is 3.33. The molecular weight excluding hydrogens is 410 g/mol. The minimum absolute atomic E-state index is 0.0626. The predicted molar refractivity (Wildman–Crippen MR) is 111 cm³/mol. The van der Waals surface area contributed by atoms with Gasteiger partial charge in [0.05, 0.1) is 12.0 Å². The highest BCUT2D eigenvalue weighted by Crippen LogP contribution is 2.33. The summed E-state index contributed by atoms with van der Waals surface area (Å²) in [5.74, 6) is 0.845. The lowest BCUT2D eigenvalue weighted by atomic mass is 10.0. The van der Waals surface area contributed by atoms with E-state index >= 15 is 0 Å². The van der Waals surface area contributed by atoms with Crippen LogP contribution >= 0.6 is 28.1 Å². The topological polar surface area (TPSA) is 40.8 Å². The van der Waals surface area contributed by atoms with E-state index in [1.807, 2.05) is 59.6 Å². The number of hydrogen-bond donors (Lipinski definition) is 1. The number of thiocarbonyl (C=S) groups is 1. The number of furan rings is 1. The third-order valence-corrected chi connectivity index (χ3v) is 5.01. The molecule has 130 valence electrons. The highest BCUT2D eigenvalue weighted by Gasteiger charge is 2.33. The molecule has 0 bridgehead atoms. The quantitative estimate of drug-likeness (QED) is 0.555. The van der Waals surface area contributed by atoms with Crippen molar-refractivity contribution in [3.63, 3.8) is 0 Å². The molecule has 2 heterocycles. The molecule has 0 saturated heterocycles. The summed E-state index contributed by atoms with van der Waals surface area (Å²) in [6.07, 6.45) is 2.41. The Morgan fingerprint density at radius 2 is 1.85 bits per heavy atom. The lowest BCUT2D eigenvalue weighted by molar-refractivity contribution is 0.318. The molecule has 0 aliphatic carbocycles. The van der Waals surface area contributed by atoms with Crippen molar-refractivity contribution in [3.8, 4) is 0 Å². The smallest absolute Gasteiger partial charge is 0.194 e. The molecule has 0 radical (unpaired) electrons. The van der Waals surface area contributed by atoms with Gasteiger partial charge in [0.2, 0.25) is 0 Å². The Labute approximate surface area is 165 Å². The molecule has 1 atom stereocenters. The zero-order valence-corrected chi connectivity index (χ0v) is 16.2. The maximum atomic E-state index is 5.64. The van der Waals surface area contributed by atoms with E-state index in [1.165, 1.54) is 0 Å². The van der Waals surface area contributed by atoms with Crippen LogP contribution in [0, 0.1) is 0 Å². The fourth-order valence-electron chi connectivity index (χ4n) is 2.92. The van der Waals surface area contributed by atoms with E-state index in [2.05, 4.69) is 33.4 Å². The van der Waals surface area contributed by atoms with Gasteiger partial charge >= 0.3 is 0 Å². The zero-order chi connectivity index (χ0) is 17.9. The van der Waals surface area contributed by atoms with Crippen molar-refractivity contribution in [2.75, 3.05) is 5.32 Å². The minimum atomic E-state index is -0.0626. The van der Waals surface area contributed by atoms with Crippen molar-refractivity contribution in [1.82, 2.24) is 5.01 Å². The molecule has 1 N–H and O–H groups in total. The van der Waals surface area contributed by atoms with Gasteiger partial charge in [-0.3, -0.25) is 0 Å². The van der Waals surface area contributed by atoms with Gasteiger partial charge in [0.25, 0.3) is 0 Å². The fourth-order valence-corrected chi connectivity index (χ4v) is 3.47. The van der Waals surface area contributed by atoms with E-state index < -0.39 is 0 Å². The normalized spacial score (nSPS) is 16.4. The second-order valence-corrected chi connectivity index (χ2v) is 7.23. The lowest BCUT2D eigenvalue weighted by Crippen LogP contribution is -2.30. The Hall–Kier alpha value is -2.44. The van der Waals surface area contributed by atoms with Crippen molar-refractivity contribution in [3.05, 3.63) is 88.8 Å². The second kappa shape index (κ2) is 7.43. The van der Waals surface area contributed by atoms with E-state index in [9.17, 15) is 0 Å². The molecule has 1 aromatic heterocycles. The van der Waals surface area contributed by atoms with Crippen LogP contribution in [-0.2, 0) is 0 Å². The third-order valence-electron chi connectivity index (χ3n) is 4.19. The van der Waals surface area contributed by atoms with Crippen LogP contribution in [0.15, 0.2) is 87.0 Å².